The minimum absolute atomic E-state index is 0. The number of amides is 3. The minimum Gasteiger partial charge on any atom is -0.870 e. The van der Waals surface area contributed by atoms with Crippen molar-refractivity contribution >= 4 is 29.7 Å². The van der Waals surface area contributed by atoms with Crippen LogP contribution in [0.5, 0.6) is 0 Å². The van der Waals surface area contributed by atoms with Gasteiger partial charge in [-0.15, -0.1) is 0 Å². The van der Waals surface area contributed by atoms with E-state index < -0.39 is 0 Å². The Hall–Kier alpha value is -2.29. The largest absolute Gasteiger partial charge is 1.00 e. The third kappa shape index (κ3) is 28.8. The Morgan fingerprint density at radius 3 is 1.47 bits per heavy atom. The number of likely N-dealkylation sites (tertiary alicyclic amines) is 3. The molecule has 0 aromatic heterocycles. The monoisotopic (exact) mass is 766 g/mol. The first kappa shape index (κ1) is 57.4. The van der Waals surface area contributed by atoms with Crippen LogP contribution in [0.2, 0.25) is 0 Å². The van der Waals surface area contributed by atoms with Crippen molar-refractivity contribution in [2.75, 3.05) is 26.7 Å². The van der Waals surface area contributed by atoms with Crippen LogP contribution in [0.15, 0.2) is 25.6 Å². The summed E-state index contributed by atoms with van der Waals surface area (Å²) in [5, 5.41) is 16.4. The second kappa shape index (κ2) is 36.7. The molecule has 0 saturated carbocycles. The summed E-state index contributed by atoms with van der Waals surface area (Å²) in [5.74, 6) is 0.187. The van der Waals surface area contributed by atoms with Crippen molar-refractivity contribution < 1.29 is 78.7 Å². The van der Waals surface area contributed by atoms with Gasteiger partial charge in [0.15, 0.2) is 0 Å². The van der Waals surface area contributed by atoms with E-state index >= 15 is 0 Å². The van der Waals surface area contributed by atoms with Crippen LogP contribution in [0, 0.1) is 0 Å². The van der Waals surface area contributed by atoms with Gasteiger partial charge in [0, 0.05) is 78.4 Å². The van der Waals surface area contributed by atoms with E-state index in [4.69, 9.17) is 9.84 Å². The molecule has 3 N–H and O–H groups in total. The molecule has 3 aliphatic heterocycles. The Morgan fingerprint density at radius 2 is 1.13 bits per heavy atom. The molecular formula is C39H72N3NaO10. The third-order valence-electron chi connectivity index (χ3n) is 8.71. The maximum absolute atomic E-state index is 12.0. The van der Waals surface area contributed by atoms with Gasteiger partial charge in [0.1, 0.15) is 6.10 Å². The summed E-state index contributed by atoms with van der Waals surface area (Å²) in [6.45, 7) is 19.9. The maximum atomic E-state index is 12.0. The molecule has 0 bridgehead atoms. The van der Waals surface area contributed by atoms with Crippen LogP contribution >= 0.6 is 0 Å². The van der Waals surface area contributed by atoms with Gasteiger partial charge in [-0.3, -0.25) is 24.0 Å². The molecule has 3 aliphatic rings. The molecule has 14 heteroatoms. The number of esters is 2. The van der Waals surface area contributed by atoms with Gasteiger partial charge in [-0.2, -0.15) is 0 Å². The number of hydrogen-bond donors (Lipinski definition) is 2. The second-order valence-corrected chi connectivity index (χ2v) is 13.0. The van der Waals surface area contributed by atoms with E-state index in [0.29, 0.717) is 25.7 Å². The fraction of sp³-hybridized carbons (Fsp3) is 0.769. The molecule has 3 fully saturated rings. The van der Waals surface area contributed by atoms with Gasteiger partial charge < -0.3 is 39.9 Å². The van der Waals surface area contributed by atoms with Crippen LogP contribution in [0.25, 0.3) is 0 Å². The van der Waals surface area contributed by atoms with Gasteiger partial charge in [0.05, 0.1) is 12.4 Å². The number of carbonyl (C=O) groups excluding carboxylic acids is 5. The van der Waals surface area contributed by atoms with Crippen molar-refractivity contribution in [3.8, 4) is 0 Å². The summed E-state index contributed by atoms with van der Waals surface area (Å²) in [6, 6.07) is 0.431. The molecule has 0 aromatic rings. The molecule has 53 heavy (non-hydrogen) atoms. The molecule has 4 unspecified atom stereocenters. The number of aliphatic hydroxyl groups is 2. The number of ether oxygens (including phenoxy) is 2. The third-order valence-corrected chi connectivity index (χ3v) is 8.71. The molecule has 0 spiro atoms. The molecule has 0 radical (unpaired) electrons. The predicted molar refractivity (Wildman–Crippen MR) is 203 cm³/mol. The summed E-state index contributed by atoms with van der Waals surface area (Å²) in [5.41, 5.74) is 0. The van der Waals surface area contributed by atoms with Gasteiger partial charge in [-0.05, 0) is 77.8 Å². The van der Waals surface area contributed by atoms with Crippen molar-refractivity contribution in [1.29, 1.82) is 0 Å². The zero-order valence-corrected chi connectivity index (χ0v) is 36.4. The summed E-state index contributed by atoms with van der Waals surface area (Å²) < 4.78 is 9.33. The Labute approximate surface area is 342 Å². The molecule has 3 saturated heterocycles. The number of carbonyl (C=O) groups is 5. The van der Waals surface area contributed by atoms with Crippen LogP contribution in [-0.2, 0) is 33.4 Å². The SMILES string of the molecule is C=CN1CCCCCC1=O.C=COC(C)=O.CCC(CC(C)O)N1CCCCCC1=O.CCC(CC(C)OC(C)=O)N1CCCCCC1=O.CO.[Na+].[OH-]. The van der Waals surface area contributed by atoms with Crippen LogP contribution in [0.3, 0.4) is 0 Å². The van der Waals surface area contributed by atoms with Crippen LogP contribution in [0.4, 0.5) is 0 Å². The molecule has 3 amide bonds. The minimum atomic E-state index is -0.329. The van der Waals surface area contributed by atoms with E-state index in [1.54, 1.807) is 18.0 Å². The summed E-state index contributed by atoms with van der Waals surface area (Å²) in [6.07, 6.45) is 17.5. The van der Waals surface area contributed by atoms with E-state index in [0.717, 1.165) is 104 Å². The van der Waals surface area contributed by atoms with E-state index in [1.807, 2.05) is 16.7 Å². The Kier molecular flexibility index (Phi) is 39.7. The number of nitrogens with zero attached hydrogens (tertiary/aromatic N) is 3. The van der Waals surface area contributed by atoms with E-state index in [9.17, 15) is 29.1 Å². The average Bonchev–Trinajstić information content (AvgIpc) is 3.54. The first-order chi connectivity index (χ1) is 24.3. The molecule has 3 heterocycles. The molecule has 0 aromatic carbocycles. The fourth-order valence-electron chi connectivity index (χ4n) is 6.23. The van der Waals surface area contributed by atoms with Gasteiger partial charge in [0.2, 0.25) is 17.7 Å². The fourth-order valence-corrected chi connectivity index (χ4v) is 6.23. The van der Waals surface area contributed by atoms with Crippen LogP contribution in [0.1, 0.15) is 144 Å². The smallest absolute Gasteiger partial charge is 0.870 e. The molecular weight excluding hydrogens is 693 g/mol. The maximum Gasteiger partial charge on any atom is 1.00 e. The van der Waals surface area contributed by atoms with Crippen molar-refractivity contribution in [3.05, 3.63) is 25.6 Å². The summed E-state index contributed by atoms with van der Waals surface area (Å²) in [7, 11) is 1.00. The molecule has 304 valence electrons. The normalized spacial score (nSPS) is 17.9. The van der Waals surface area contributed by atoms with E-state index in [-0.39, 0.29) is 89.0 Å². The summed E-state index contributed by atoms with van der Waals surface area (Å²) in [4.78, 5) is 61.3. The van der Waals surface area contributed by atoms with Gasteiger partial charge in [-0.1, -0.05) is 46.3 Å². The first-order valence-corrected chi connectivity index (χ1v) is 18.9. The van der Waals surface area contributed by atoms with E-state index in [2.05, 4.69) is 31.7 Å². The van der Waals surface area contributed by atoms with Crippen molar-refractivity contribution in [1.82, 2.24) is 14.7 Å². The summed E-state index contributed by atoms with van der Waals surface area (Å²) >= 11 is 0. The standard InChI is InChI=1S/C14H25NO3.C12H23NO2.C8H13NO.C4H6O2.CH4O.Na.H2O/c1-4-13(10-11(2)18-12(3)16)15-9-7-5-6-8-14(15)17;1-3-11(9-10(2)14)13-8-6-4-5-7-12(13)15;1-2-9-7-5-3-4-6-8(9)10;1-3-6-4(2)5;1-2;;/h11,13H,4-10H2,1-3H3;10-11,14H,3-9H2,1-2H3;2H,1,3-7H2;3H,1H2,2H3;2H,1H3;;1H2/q;;;;;+1;/p-1. The van der Waals surface area contributed by atoms with Crippen LogP contribution < -0.4 is 29.6 Å². The number of hydrogen-bond acceptors (Lipinski definition) is 10. The predicted octanol–water partition coefficient (Wildman–Crippen LogP) is 3.11. The topological polar surface area (TPSA) is 184 Å². The van der Waals surface area contributed by atoms with Crippen molar-refractivity contribution in [3.63, 3.8) is 0 Å². The number of aliphatic hydroxyl groups excluding tert-OH is 2. The molecule has 0 aliphatic carbocycles. The zero-order chi connectivity index (χ0) is 39.2. The first-order valence-electron chi connectivity index (χ1n) is 18.9. The van der Waals surface area contributed by atoms with Crippen molar-refractivity contribution in [2.45, 2.75) is 169 Å². The van der Waals surface area contributed by atoms with Crippen molar-refractivity contribution in [2.24, 2.45) is 0 Å². The van der Waals surface area contributed by atoms with Gasteiger partial charge in [-0.25, -0.2) is 0 Å². The molecule has 13 nitrogen and oxygen atoms in total. The average molecular weight is 766 g/mol. The molecule has 4 atom stereocenters. The van der Waals surface area contributed by atoms with Gasteiger partial charge >= 0.3 is 41.5 Å². The van der Waals surface area contributed by atoms with E-state index in [1.165, 1.54) is 20.3 Å². The Balaban J connectivity index is -0.000000311. The Morgan fingerprint density at radius 1 is 0.717 bits per heavy atom. The Bertz CT molecular complexity index is 1010. The van der Waals surface area contributed by atoms with Gasteiger partial charge in [0.25, 0.3) is 0 Å². The zero-order valence-electron chi connectivity index (χ0n) is 34.4. The second-order valence-electron chi connectivity index (χ2n) is 13.0. The van der Waals surface area contributed by atoms with Crippen LogP contribution in [-0.4, -0.2) is 111 Å². The quantitative estimate of drug-likeness (QED) is 0.180. The number of rotatable bonds is 11. The molecule has 3 rings (SSSR count).